The van der Waals surface area contributed by atoms with Crippen LogP contribution in [0.4, 0.5) is 0 Å². The van der Waals surface area contributed by atoms with E-state index in [1.54, 1.807) is 0 Å². The van der Waals surface area contributed by atoms with Crippen LogP contribution >= 0.6 is 0 Å². The number of epoxide rings is 4. The number of allylic oxidation sites excluding steroid dienone is 3. The number of benzene rings is 4. The number of hydrogen-bond donors (Lipinski definition) is 0. The molecule has 4 aromatic rings. The highest BCUT2D eigenvalue weighted by Crippen LogP contribution is 2.58. The van der Waals surface area contributed by atoms with E-state index in [9.17, 15) is 0 Å². The molecular formula is C65H82O8. The van der Waals surface area contributed by atoms with Crippen LogP contribution in [0.25, 0.3) is 0 Å². The summed E-state index contributed by atoms with van der Waals surface area (Å²) in [5.74, 6) is 4.97. The lowest BCUT2D eigenvalue weighted by molar-refractivity contribution is 0.0364. The summed E-state index contributed by atoms with van der Waals surface area (Å²) in [5.41, 5.74) is 13.6. The highest BCUT2D eigenvalue weighted by Gasteiger charge is 2.49. The normalized spacial score (nSPS) is 27.2. The number of hydrogen-bond acceptors (Lipinski definition) is 8. The summed E-state index contributed by atoms with van der Waals surface area (Å²) in [4.78, 5) is 0. The molecule has 10 rings (SSSR count). The summed E-state index contributed by atoms with van der Waals surface area (Å²) in [5, 5.41) is 0. The molecule has 6 aliphatic rings. The van der Waals surface area contributed by atoms with Crippen LogP contribution in [0.2, 0.25) is 0 Å². The van der Waals surface area contributed by atoms with Crippen LogP contribution in [0.15, 0.2) is 109 Å². The van der Waals surface area contributed by atoms with Crippen molar-refractivity contribution in [3.05, 3.63) is 154 Å². The van der Waals surface area contributed by atoms with Gasteiger partial charge >= 0.3 is 0 Å². The zero-order chi connectivity index (χ0) is 50.9. The zero-order valence-corrected chi connectivity index (χ0v) is 44.9. The summed E-state index contributed by atoms with van der Waals surface area (Å²) >= 11 is 0. The van der Waals surface area contributed by atoms with Gasteiger partial charge in [0.1, 0.15) is 73.8 Å². The number of rotatable bonds is 25. The largest absolute Gasteiger partial charge is 0.491 e. The molecule has 0 amide bonds. The van der Waals surface area contributed by atoms with Crippen LogP contribution in [0.5, 0.6) is 23.0 Å². The smallest absolute Gasteiger partial charge is 0.122 e. The van der Waals surface area contributed by atoms with Crippen LogP contribution in [0.1, 0.15) is 137 Å². The van der Waals surface area contributed by atoms with Gasteiger partial charge in [-0.15, -0.1) is 0 Å². The fraction of sp³-hybridized carbons (Fsp3) is 0.538. The van der Waals surface area contributed by atoms with Crippen molar-refractivity contribution in [2.24, 2.45) is 17.3 Å². The molecule has 4 atom stereocenters. The predicted molar refractivity (Wildman–Crippen MR) is 291 cm³/mol. The highest BCUT2D eigenvalue weighted by atomic mass is 16.6. The van der Waals surface area contributed by atoms with Gasteiger partial charge < -0.3 is 37.9 Å². The Hall–Kier alpha value is -4.86. The topological polar surface area (TPSA) is 87.0 Å². The van der Waals surface area contributed by atoms with Gasteiger partial charge in [-0.1, -0.05) is 106 Å². The van der Waals surface area contributed by atoms with Gasteiger partial charge in [-0.3, -0.25) is 0 Å². The molecule has 4 unspecified atom stereocenters. The van der Waals surface area contributed by atoms with Crippen LogP contribution in [0.3, 0.4) is 0 Å². The molecular weight excluding hydrogens is 909 g/mol. The average molecular weight is 991 g/mol. The van der Waals surface area contributed by atoms with Gasteiger partial charge in [0.15, 0.2) is 0 Å². The Morgan fingerprint density at radius 2 is 0.726 bits per heavy atom. The third-order valence-corrected chi connectivity index (χ3v) is 17.4. The van der Waals surface area contributed by atoms with Crippen LogP contribution in [-0.2, 0) is 55.5 Å². The van der Waals surface area contributed by atoms with Crippen LogP contribution in [-0.4, -0.2) is 77.3 Å². The lowest BCUT2D eigenvalue weighted by Crippen LogP contribution is -2.43. The second-order valence-corrected chi connectivity index (χ2v) is 23.6. The molecule has 0 aromatic heterocycles. The first-order valence-electron chi connectivity index (χ1n) is 27.7. The van der Waals surface area contributed by atoms with Gasteiger partial charge in [0.2, 0.25) is 0 Å². The van der Waals surface area contributed by atoms with Crippen molar-refractivity contribution in [3.8, 4) is 23.0 Å². The summed E-state index contributed by atoms with van der Waals surface area (Å²) in [6, 6.07) is 28.2. The predicted octanol–water partition coefficient (Wildman–Crippen LogP) is 13.4. The van der Waals surface area contributed by atoms with E-state index >= 15 is 0 Å². The minimum atomic E-state index is -0.181. The van der Waals surface area contributed by atoms with Gasteiger partial charge in [-0.25, -0.2) is 0 Å². The van der Waals surface area contributed by atoms with E-state index in [1.807, 2.05) is 0 Å². The van der Waals surface area contributed by atoms with Crippen molar-refractivity contribution in [2.75, 3.05) is 52.9 Å². The Morgan fingerprint density at radius 1 is 0.466 bits per heavy atom. The Kier molecular flexibility index (Phi) is 15.4. The molecule has 8 heteroatoms. The lowest BCUT2D eigenvalue weighted by atomic mass is 9.53. The summed E-state index contributed by atoms with van der Waals surface area (Å²) < 4.78 is 47.8. The highest BCUT2D eigenvalue weighted by molar-refractivity contribution is 5.52. The van der Waals surface area contributed by atoms with Crippen molar-refractivity contribution in [1.82, 2.24) is 0 Å². The molecule has 0 spiro atoms. The van der Waals surface area contributed by atoms with Gasteiger partial charge in [0.25, 0.3) is 0 Å². The minimum Gasteiger partial charge on any atom is -0.491 e. The maximum atomic E-state index is 6.43. The molecule has 8 nitrogen and oxygen atoms in total. The van der Waals surface area contributed by atoms with E-state index in [4.69, 9.17) is 37.9 Å². The first-order chi connectivity index (χ1) is 35.2. The zero-order valence-electron chi connectivity index (χ0n) is 44.9. The minimum absolute atomic E-state index is 0.143. The molecule has 2 saturated carbocycles. The van der Waals surface area contributed by atoms with Gasteiger partial charge in [0.05, 0.1) is 26.4 Å². The Morgan fingerprint density at radius 3 is 0.973 bits per heavy atom. The van der Waals surface area contributed by atoms with Crippen LogP contribution < -0.4 is 18.9 Å². The third kappa shape index (κ3) is 12.1. The first kappa shape index (κ1) is 51.6. The summed E-state index contributed by atoms with van der Waals surface area (Å²) in [6.07, 6.45) is 13.0. The van der Waals surface area contributed by atoms with Crippen molar-refractivity contribution in [1.29, 1.82) is 0 Å². The van der Waals surface area contributed by atoms with E-state index in [0.717, 1.165) is 143 Å². The van der Waals surface area contributed by atoms with E-state index in [0.29, 0.717) is 38.3 Å². The fourth-order valence-electron chi connectivity index (χ4n) is 12.7. The van der Waals surface area contributed by atoms with E-state index in [2.05, 4.69) is 134 Å². The second kappa shape index (κ2) is 21.8. The van der Waals surface area contributed by atoms with Crippen molar-refractivity contribution in [3.63, 3.8) is 0 Å². The van der Waals surface area contributed by atoms with Gasteiger partial charge in [0, 0.05) is 10.8 Å². The maximum Gasteiger partial charge on any atom is 0.122 e. The van der Waals surface area contributed by atoms with E-state index < -0.39 is 0 Å². The Bertz CT molecular complexity index is 2550. The lowest BCUT2D eigenvalue weighted by Gasteiger charge is -2.52. The van der Waals surface area contributed by atoms with Crippen molar-refractivity contribution in [2.45, 2.75) is 154 Å². The van der Waals surface area contributed by atoms with Gasteiger partial charge in [-0.05, 0) is 184 Å². The first-order valence-corrected chi connectivity index (χ1v) is 27.7. The molecule has 4 aromatic carbocycles. The standard InChI is InChI=1S/C65H82O8/c1-10-45-30-51(11-15-59(45)70-38-55-34-66-55)64(52-12-16-60(71-39-56-35-67-56)46(31-52)27-42(2)3)23-19-49(20-24-64)63(8,9)50-21-25-65(26-22-50,53-13-17-61(72-40-57-36-68-57)47(32-53)28-43(4)5)54-14-18-62(73-41-58-37-69-58)48(33-54)29-44(6)7/h11-18,30-33,49-50,55-58H,2,4,6,10,19-29,34-41H2,1,3,5,7-9H3. The number of aryl methyl sites for hydroxylation is 1. The molecule has 0 N–H and O–H groups in total. The number of ether oxygens (including phenoxy) is 8. The second-order valence-electron chi connectivity index (χ2n) is 23.6. The molecule has 73 heavy (non-hydrogen) atoms. The molecule has 6 fully saturated rings. The summed E-state index contributed by atoms with van der Waals surface area (Å²) in [6.45, 7) is 32.3. The van der Waals surface area contributed by atoms with Crippen molar-refractivity contribution >= 4 is 0 Å². The third-order valence-electron chi connectivity index (χ3n) is 17.4. The molecule has 0 bridgehead atoms. The maximum absolute atomic E-state index is 6.43. The Labute approximate surface area is 436 Å². The van der Waals surface area contributed by atoms with E-state index in [-0.39, 0.29) is 40.7 Å². The molecule has 0 radical (unpaired) electrons. The molecule has 4 heterocycles. The molecule has 4 aliphatic heterocycles. The van der Waals surface area contributed by atoms with Crippen LogP contribution in [0, 0.1) is 17.3 Å². The average Bonchev–Trinajstić information content (AvgIpc) is 4.14. The van der Waals surface area contributed by atoms with Crippen molar-refractivity contribution < 1.29 is 37.9 Å². The van der Waals surface area contributed by atoms with Gasteiger partial charge in [-0.2, -0.15) is 0 Å². The monoisotopic (exact) mass is 991 g/mol. The van der Waals surface area contributed by atoms with E-state index in [1.165, 1.54) is 44.5 Å². The Balaban J connectivity index is 0.942. The SMILES string of the molecule is C=C(C)Cc1cc(C2(c3ccc(OCC4CO4)c(CC)c3)CCC(C(C)(C)C3CCC(c4ccc(OCC5CO5)c(CC(=C)C)c4)(c4ccc(OCC5CO5)c(CC(=C)C)c4)CC3)CC2)ccc1OCC1CO1. The quantitative estimate of drug-likeness (QED) is 0.0479. The fourth-order valence-corrected chi connectivity index (χ4v) is 12.7. The summed E-state index contributed by atoms with van der Waals surface area (Å²) in [7, 11) is 0. The molecule has 4 saturated heterocycles. The molecule has 2 aliphatic carbocycles. The molecule has 390 valence electrons.